The lowest BCUT2D eigenvalue weighted by Crippen LogP contribution is -2.36. The first-order chi connectivity index (χ1) is 15.6. The highest BCUT2D eigenvalue weighted by Crippen LogP contribution is 2.37. The molecule has 0 aliphatic carbocycles. The maximum atomic E-state index is 13.0. The Morgan fingerprint density at radius 3 is 2.39 bits per heavy atom. The summed E-state index contributed by atoms with van der Waals surface area (Å²) in [5.41, 5.74) is 1.58. The number of hydrogen-bond acceptors (Lipinski definition) is 6. The summed E-state index contributed by atoms with van der Waals surface area (Å²) in [5.74, 6) is -0.707. The van der Waals surface area contributed by atoms with Gasteiger partial charge in [0.2, 0.25) is 0 Å². The van der Waals surface area contributed by atoms with Gasteiger partial charge in [0, 0.05) is 27.3 Å². The van der Waals surface area contributed by atoms with Crippen molar-refractivity contribution in [3.05, 3.63) is 76.4 Å². The molecule has 2 heterocycles. The van der Waals surface area contributed by atoms with Crippen LogP contribution < -0.4 is 4.72 Å². The van der Waals surface area contributed by atoms with Crippen LogP contribution in [0.4, 0.5) is 5.69 Å². The van der Waals surface area contributed by atoms with Crippen LogP contribution in [0.15, 0.2) is 69.4 Å². The number of aryl methyl sites for hydroxylation is 1. The smallest absolute Gasteiger partial charge is 0.264 e. The number of hydrogen-bond donors (Lipinski definition) is 1. The van der Waals surface area contributed by atoms with Gasteiger partial charge in [-0.1, -0.05) is 29.4 Å². The fraction of sp³-hybridized carbons (Fsp3) is 0.174. The Labute approximate surface area is 201 Å². The van der Waals surface area contributed by atoms with Crippen molar-refractivity contribution >= 4 is 50.9 Å². The van der Waals surface area contributed by atoms with Crippen LogP contribution in [-0.4, -0.2) is 36.2 Å². The van der Waals surface area contributed by atoms with E-state index < -0.39 is 10.0 Å². The first-order valence-corrected chi connectivity index (χ1v) is 12.7. The molecule has 4 rings (SSSR count). The summed E-state index contributed by atoms with van der Waals surface area (Å²) in [5, 5.41) is 0.846. The van der Waals surface area contributed by atoms with Gasteiger partial charge in [-0.2, -0.15) is 0 Å². The lowest BCUT2D eigenvalue weighted by molar-refractivity contribution is 0.0607. The predicted molar refractivity (Wildman–Crippen MR) is 127 cm³/mol. The van der Waals surface area contributed by atoms with E-state index in [-0.39, 0.29) is 28.3 Å². The molecule has 10 heteroatoms. The Bertz CT molecular complexity index is 1370. The van der Waals surface area contributed by atoms with Crippen molar-refractivity contribution in [3.63, 3.8) is 0 Å². The number of amides is 2. The molecule has 0 atom stereocenters. The van der Waals surface area contributed by atoms with Crippen molar-refractivity contribution in [2.75, 3.05) is 4.72 Å². The first-order valence-electron chi connectivity index (χ1n) is 10.0. The average molecular weight is 502 g/mol. The molecule has 1 aromatic heterocycles. The van der Waals surface area contributed by atoms with Gasteiger partial charge in [-0.25, -0.2) is 13.4 Å². The molecule has 0 fully saturated rings. The lowest BCUT2D eigenvalue weighted by atomic mass is 10.1. The van der Waals surface area contributed by atoms with Gasteiger partial charge >= 0.3 is 0 Å². The Morgan fingerprint density at radius 1 is 1.03 bits per heavy atom. The van der Waals surface area contributed by atoms with Gasteiger partial charge in [-0.05, 0) is 69.3 Å². The summed E-state index contributed by atoms with van der Waals surface area (Å²) in [7, 11) is -3.81. The van der Waals surface area contributed by atoms with Crippen LogP contribution in [0.1, 0.15) is 40.3 Å². The Morgan fingerprint density at radius 2 is 1.73 bits per heavy atom. The van der Waals surface area contributed by atoms with Crippen LogP contribution in [-0.2, 0) is 10.0 Å². The first kappa shape index (κ1) is 23.3. The van der Waals surface area contributed by atoms with Gasteiger partial charge in [0.1, 0.15) is 5.03 Å². The van der Waals surface area contributed by atoms with E-state index in [2.05, 4.69) is 9.71 Å². The zero-order valence-corrected chi connectivity index (χ0v) is 20.4. The van der Waals surface area contributed by atoms with Crippen LogP contribution in [0.5, 0.6) is 0 Å². The summed E-state index contributed by atoms with van der Waals surface area (Å²) in [6, 6.07) is 14.0. The highest BCUT2D eigenvalue weighted by Gasteiger charge is 2.40. The van der Waals surface area contributed by atoms with Gasteiger partial charge in [-0.15, -0.1) is 0 Å². The molecule has 1 aliphatic heterocycles. The van der Waals surface area contributed by atoms with Gasteiger partial charge in [0.05, 0.1) is 16.0 Å². The summed E-state index contributed by atoms with van der Waals surface area (Å²) in [6.45, 7) is 5.33. The molecule has 2 aromatic carbocycles. The van der Waals surface area contributed by atoms with E-state index in [1.54, 1.807) is 51.1 Å². The van der Waals surface area contributed by atoms with Crippen LogP contribution in [0, 0.1) is 6.92 Å². The van der Waals surface area contributed by atoms with Crippen molar-refractivity contribution in [2.24, 2.45) is 0 Å². The zero-order chi connectivity index (χ0) is 23.9. The van der Waals surface area contributed by atoms with Gasteiger partial charge in [0.15, 0.2) is 0 Å². The highest BCUT2D eigenvalue weighted by molar-refractivity contribution is 7.99. The predicted octanol–water partition coefficient (Wildman–Crippen LogP) is 5.00. The van der Waals surface area contributed by atoms with Crippen LogP contribution in [0.25, 0.3) is 0 Å². The normalized spacial score (nSPS) is 13.5. The van der Waals surface area contributed by atoms with E-state index in [0.717, 1.165) is 0 Å². The molecule has 1 aliphatic rings. The number of carbonyl (C=O) groups is 2. The third-order valence-electron chi connectivity index (χ3n) is 4.94. The van der Waals surface area contributed by atoms with E-state index in [1.165, 1.54) is 40.9 Å². The number of rotatable bonds is 6. The van der Waals surface area contributed by atoms with Gasteiger partial charge in [-0.3, -0.25) is 19.2 Å². The van der Waals surface area contributed by atoms with E-state index in [9.17, 15) is 18.0 Å². The number of nitrogens with one attached hydrogen (secondary N) is 1. The van der Waals surface area contributed by atoms with Crippen molar-refractivity contribution in [1.29, 1.82) is 0 Å². The fourth-order valence-corrected chi connectivity index (χ4v) is 5.69. The van der Waals surface area contributed by atoms with Crippen LogP contribution in [0.3, 0.4) is 0 Å². The molecular weight excluding hydrogens is 482 g/mol. The number of aromatic nitrogens is 1. The zero-order valence-electron chi connectivity index (χ0n) is 18.0. The third-order valence-corrected chi connectivity index (χ3v) is 7.56. The minimum absolute atomic E-state index is 0.0843. The molecule has 3 aromatic rings. The molecule has 7 nitrogen and oxygen atoms in total. The Balaban J connectivity index is 1.64. The standard InChI is InChI=1S/C23H20ClN3O4S2/c1-13(2)27-22(28)19-11-14(3)25-21(20(19)23(27)29)32-17-6-4-5-16(12-17)26-33(30,31)18-9-7-15(24)8-10-18/h4-13,26H,1-3H3. The summed E-state index contributed by atoms with van der Waals surface area (Å²) < 4.78 is 27.9. The minimum atomic E-state index is -3.81. The number of sulfonamides is 1. The molecule has 1 N–H and O–H groups in total. The second kappa shape index (κ2) is 8.81. The molecular formula is C23H20ClN3O4S2. The summed E-state index contributed by atoms with van der Waals surface area (Å²) in [4.78, 5) is 32.2. The van der Waals surface area contributed by atoms with E-state index >= 15 is 0 Å². The van der Waals surface area contributed by atoms with Crippen molar-refractivity contribution in [3.8, 4) is 0 Å². The molecule has 0 radical (unpaired) electrons. The maximum Gasteiger partial charge on any atom is 0.264 e. The van der Waals surface area contributed by atoms with E-state index in [4.69, 9.17) is 11.6 Å². The second-order valence-corrected chi connectivity index (χ2v) is 10.9. The number of carbonyl (C=O) groups excluding carboxylic acids is 2. The van der Waals surface area contributed by atoms with Crippen LogP contribution >= 0.6 is 23.4 Å². The average Bonchev–Trinajstić information content (AvgIpc) is 2.98. The molecule has 0 unspecified atom stereocenters. The molecule has 33 heavy (non-hydrogen) atoms. The van der Waals surface area contributed by atoms with Crippen molar-refractivity contribution in [2.45, 2.75) is 41.6 Å². The lowest BCUT2D eigenvalue weighted by Gasteiger charge is -2.17. The molecule has 0 saturated heterocycles. The van der Waals surface area contributed by atoms with E-state index in [1.807, 2.05) is 0 Å². The second-order valence-electron chi connectivity index (χ2n) is 7.75. The topological polar surface area (TPSA) is 96.4 Å². The third kappa shape index (κ3) is 4.62. The van der Waals surface area contributed by atoms with E-state index in [0.29, 0.717) is 31.9 Å². The summed E-state index contributed by atoms with van der Waals surface area (Å²) in [6.07, 6.45) is 0. The van der Waals surface area contributed by atoms with Crippen molar-refractivity contribution < 1.29 is 18.0 Å². The number of imide groups is 1. The number of benzene rings is 2. The fourth-order valence-electron chi connectivity index (χ4n) is 3.47. The number of anilines is 1. The Hall–Kier alpha value is -2.88. The largest absolute Gasteiger partial charge is 0.280 e. The number of nitrogens with zero attached hydrogens (tertiary/aromatic N) is 2. The molecule has 2 amide bonds. The maximum absolute atomic E-state index is 13.0. The minimum Gasteiger partial charge on any atom is -0.280 e. The Kier molecular flexibility index (Phi) is 6.22. The molecule has 0 spiro atoms. The number of fused-ring (bicyclic) bond motifs is 1. The van der Waals surface area contributed by atoms with Crippen molar-refractivity contribution in [1.82, 2.24) is 9.88 Å². The van der Waals surface area contributed by atoms with Gasteiger partial charge in [0.25, 0.3) is 21.8 Å². The highest BCUT2D eigenvalue weighted by atomic mass is 35.5. The van der Waals surface area contributed by atoms with Crippen LogP contribution in [0.2, 0.25) is 5.02 Å². The molecule has 170 valence electrons. The van der Waals surface area contributed by atoms with Gasteiger partial charge < -0.3 is 0 Å². The SMILES string of the molecule is Cc1cc2c(c(Sc3cccc(NS(=O)(=O)c4ccc(Cl)cc4)c3)n1)C(=O)N(C(C)C)C2=O. The quantitative estimate of drug-likeness (QED) is 0.477. The molecule has 0 saturated carbocycles. The molecule has 0 bridgehead atoms. The number of halogens is 1. The summed E-state index contributed by atoms with van der Waals surface area (Å²) >= 11 is 7.05. The number of pyridine rings is 1. The monoisotopic (exact) mass is 501 g/mol.